The lowest BCUT2D eigenvalue weighted by molar-refractivity contribution is -0.385. The number of aromatic nitrogens is 1. The summed E-state index contributed by atoms with van der Waals surface area (Å²) >= 11 is 0. The fourth-order valence-corrected chi connectivity index (χ4v) is 1.66. The topological polar surface area (TPSA) is 105 Å². The van der Waals surface area contributed by atoms with Crippen molar-refractivity contribution >= 4 is 17.5 Å². The van der Waals surface area contributed by atoms with Gasteiger partial charge in [0, 0.05) is 12.1 Å². The maximum atomic E-state index is 10.8. The van der Waals surface area contributed by atoms with Crippen LogP contribution in [0.3, 0.4) is 0 Å². The first-order chi connectivity index (χ1) is 8.81. The van der Waals surface area contributed by atoms with E-state index < -0.39 is 10.9 Å². The van der Waals surface area contributed by atoms with Crippen molar-refractivity contribution < 1.29 is 14.8 Å². The van der Waals surface area contributed by atoms with Crippen molar-refractivity contribution in [3.8, 4) is 0 Å². The van der Waals surface area contributed by atoms with Crippen molar-refractivity contribution in [3.63, 3.8) is 0 Å². The average Bonchev–Trinajstić information content (AvgIpc) is 2.26. The molecule has 0 radical (unpaired) electrons. The number of hydrogen-bond donors (Lipinski definition) is 2. The lowest BCUT2D eigenvalue weighted by Gasteiger charge is -2.21. The molecule has 0 spiro atoms. The molecule has 104 valence electrons. The van der Waals surface area contributed by atoms with E-state index in [4.69, 9.17) is 5.11 Å². The molecule has 0 saturated carbocycles. The van der Waals surface area contributed by atoms with Gasteiger partial charge >= 0.3 is 5.97 Å². The Balaban J connectivity index is 2.88. The molecule has 0 fully saturated rings. The number of nitrogens with one attached hydrogen (secondary N) is 1. The van der Waals surface area contributed by atoms with Crippen LogP contribution < -0.4 is 5.32 Å². The Morgan fingerprint density at radius 2 is 2.16 bits per heavy atom. The molecular weight excluding hydrogens is 250 g/mol. The summed E-state index contributed by atoms with van der Waals surface area (Å²) in [4.78, 5) is 25.0. The van der Waals surface area contributed by atoms with E-state index in [0.29, 0.717) is 11.5 Å². The van der Waals surface area contributed by atoms with Crippen LogP contribution in [0, 0.1) is 23.0 Å². The standard InChI is InChI=1S/C12H17N3O4/c1-7(2)9(6-12(16)17)14-11-5-4-10(15(18)19)8(3)13-11/h4-5,7,9H,6H2,1-3H3,(H,13,14)(H,16,17). The number of carboxylic acid groups (broad SMARTS) is 1. The Kier molecular flexibility index (Phi) is 4.80. The molecule has 0 aromatic carbocycles. The summed E-state index contributed by atoms with van der Waals surface area (Å²) in [6.45, 7) is 5.35. The number of rotatable bonds is 6. The Bertz CT molecular complexity index is 488. The number of aryl methyl sites for hydroxylation is 1. The van der Waals surface area contributed by atoms with Gasteiger partial charge < -0.3 is 10.4 Å². The van der Waals surface area contributed by atoms with Gasteiger partial charge in [0.1, 0.15) is 11.5 Å². The van der Waals surface area contributed by atoms with Crippen molar-refractivity contribution in [1.82, 2.24) is 4.98 Å². The first-order valence-corrected chi connectivity index (χ1v) is 5.91. The van der Waals surface area contributed by atoms with E-state index in [1.807, 2.05) is 13.8 Å². The summed E-state index contributed by atoms with van der Waals surface area (Å²) in [7, 11) is 0. The molecule has 7 heteroatoms. The van der Waals surface area contributed by atoms with Gasteiger partial charge in [-0.2, -0.15) is 0 Å². The average molecular weight is 267 g/mol. The number of carboxylic acids is 1. The molecule has 19 heavy (non-hydrogen) atoms. The summed E-state index contributed by atoms with van der Waals surface area (Å²) in [6.07, 6.45) is -0.0324. The second kappa shape index (κ2) is 6.12. The number of hydrogen-bond acceptors (Lipinski definition) is 5. The Hall–Kier alpha value is -2.18. The molecular formula is C12H17N3O4. The Labute approximate surface area is 110 Å². The predicted molar refractivity (Wildman–Crippen MR) is 70.1 cm³/mol. The zero-order chi connectivity index (χ0) is 14.6. The smallest absolute Gasteiger partial charge is 0.305 e. The second-order valence-electron chi connectivity index (χ2n) is 4.65. The maximum absolute atomic E-state index is 10.8. The van der Waals surface area contributed by atoms with Crippen LogP contribution in [-0.2, 0) is 4.79 Å². The maximum Gasteiger partial charge on any atom is 0.305 e. The first kappa shape index (κ1) is 14.9. The summed E-state index contributed by atoms with van der Waals surface area (Å²) in [6, 6.07) is 2.58. The van der Waals surface area contributed by atoms with E-state index in [-0.39, 0.29) is 24.1 Å². The number of carbonyl (C=O) groups is 1. The normalized spacial score (nSPS) is 12.2. The van der Waals surface area contributed by atoms with Crippen LogP contribution in [0.4, 0.5) is 11.5 Å². The van der Waals surface area contributed by atoms with E-state index in [2.05, 4.69) is 10.3 Å². The quantitative estimate of drug-likeness (QED) is 0.604. The Morgan fingerprint density at radius 3 is 2.58 bits per heavy atom. The third-order valence-corrected chi connectivity index (χ3v) is 2.79. The van der Waals surface area contributed by atoms with E-state index in [0.717, 1.165) is 0 Å². The van der Waals surface area contributed by atoms with Gasteiger partial charge in [-0.3, -0.25) is 14.9 Å². The fourth-order valence-electron chi connectivity index (χ4n) is 1.66. The number of nitro groups is 1. The third-order valence-electron chi connectivity index (χ3n) is 2.79. The zero-order valence-electron chi connectivity index (χ0n) is 11.1. The van der Waals surface area contributed by atoms with Gasteiger partial charge in [-0.05, 0) is 18.9 Å². The SMILES string of the molecule is Cc1nc(NC(CC(=O)O)C(C)C)ccc1[N+](=O)[O-]. The monoisotopic (exact) mass is 267 g/mol. The lowest BCUT2D eigenvalue weighted by atomic mass is 10.0. The molecule has 1 aromatic heterocycles. The third kappa shape index (κ3) is 4.20. The largest absolute Gasteiger partial charge is 0.481 e. The van der Waals surface area contributed by atoms with Crippen molar-refractivity contribution in [1.29, 1.82) is 0 Å². The van der Waals surface area contributed by atoms with Gasteiger partial charge in [0.05, 0.1) is 11.3 Å². The molecule has 7 nitrogen and oxygen atoms in total. The van der Waals surface area contributed by atoms with Gasteiger partial charge in [-0.1, -0.05) is 13.8 Å². The molecule has 0 aliphatic heterocycles. The van der Waals surface area contributed by atoms with Crippen molar-refractivity contribution in [2.24, 2.45) is 5.92 Å². The highest BCUT2D eigenvalue weighted by atomic mass is 16.6. The number of anilines is 1. The molecule has 0 aliphatic carbocycles. The van der Waals surface area contributed by atoms with Crippen LogP contribution in [0.1, 0.15) is 26.0 Å². The van der Waals surface area contributed by atoms with Gasteiger partial charge in [0.15, 0.2) is 0 Å². The van der Waals surface area contributed by atoms with Crippen LogP contribution in [0.25, 0.3) is 0 Å². The summed E-state index contributed by atoms with van der Waals surface area (Å²) in [5.41, 5.74) is 0.248. The Morgan fingerprint density at radius 1 is 1.53 bits per heavy atom. The summed E-state index contributed by atoms with van der Waals surface area (Å²) in [5, 5.41) is 22.5. The van der Waals surface area contributed by atoms with Gasteiger partial charge in [-0.25, -0.2) is 4.98 Å². The molecule has 1 unspecified atom stereocenters. The fraction of sp³-hybridized carbons (Fsp3) is 0.500. The number of nitrogens with zero attached hydrogens (tertiary/aromatic N) is 2. The van der Waals surface area contributed by atoms with E-state index in [1.165, 1.54) is 12.1 Å². The summed E-state index contributed by atoms with van der Waals surface area (Å²) in [5.74, 6) is -0.346. The van der Waals surface area contributed by atoms with Crippen LogP contribution in [0.2, 0.25) is 0 Å². The minimum atomic E-state index is -0.898. The predicted octanol–water partition coefficient (Wildman–Crippen LogP) is 2.21. The van der Waals surface area contributed by atoms with E-state index in [9.17, 15) is 14.9 Å². The zero-order valence-corrected chi connectivity index (χ0v) is 11.1. The highest BCUT2D eigenvalue weighted by Crippen LogP contribution is 2.20. The number of pyridine rings is 1. The molecule has 1 heterocycles. The molecule has 0 amide bonds. The molecule has 1 rings (SSSR count). The molecule has 2 N–H and O–H groups in total. The van der Waals surface area contributed by atoms with Crippen molar-refractivity contribution in [2.75, 3.05) is 5.32 Å². The van der Waals surface area contributed by atoms with Crippen LogP contribution in [-0.4, -0.2) is 27.0 Å². The lowest BCUT2D eigenvalue weighted by Crippen LogP contribution is -2.29. The van der Waals surface area contributed by atoms with Crippen molar-refractivity contribution in [2.45, 2.75) is 33.2 Å². The second-order valence-corrected chi connectivity index (χ2v) is 4.65. The minimum absolute atomic E-state index is 0.0324. The van der Waals surface area contributed by atoms with E-state index in [1.54, 1.807) is 6.92 Å². The molecule has 0 saturated heterocycles. The van der Waals surface area contributed by atoms with Gasteiger partial charge in [-0.15, -0.1) is 0 Å². The first-order valence-electron chi connectivity index (χ1n) is 5.91. The highest BCUT2D eigenvalue weighted by Gasteiger charge is 2.19. The molecule has 0 aliphatic rings. The van der Waals surface area contributed by atoms with Crippen LogP contribution in [0.15, 0.2) is 12.1 Å². The van der Waals surface area contributed by atoms with Crippen LogP contribution >= 0.6 is 0 Å². The number of aliphatic carboxylic acids is 1. The van der Waals surface area contributed by atoms with Crippen molar-refractivity contribution in [3.05, 3.63) is 27.9 Å². The summed E-state index contributed by atoms with van der Waals surface area (Å²) < 4.78 is 0. The van der Waals surface area contributed by atoms with E-state index >= 15 is 0 Å². The minimum Gasteiger partial charge on any atom is -0.481 e. The molecule has 1 atom stereocenters. The van der Waals surface area contributed by atoms with Crippen LogP contribution in [0.5, 0.6) is 0 Å². The molecule has 0 bridgehead atoms. The highest BCUT2D eigenvalue weighted by molar-refractivity contribution is 5.68. The van der Waals surface area contributed by atoms with Gasteiger partial charge in [0.25, 0.3) is 5.69 Å². The van der Waals surface area contributed by atoms with Gasteiger partial charge in [0.2, 0.25) is 0 Å². The molecule has 1 aromatic rings.